The van der Waals surface area contributed by atoms with E-state index in [1.165, 1.54) is 6.07 Å². The number of aromatic nitrogens is 2. The summed E-state index contributed by atoms with van der Waals surface area (Å²) < 4.78 is 47.2. The van der Waals surface area contributed by atoms with Gasteiger partial charge in [-0.05, 0) is 68.3 Å². The Bertz CT molecular complexity index is 1280. The highest BCUT2D eigenvalue weighted by Gasteiger charge is 2.35. The maximum atomic E-state index is 13.9. The monoisotopic (exact) mass is 495 g/mol. The van der Waals surface area contributed by atoms with Crippen molar-refractivity contribution in [1.29, 1.82) is 5.26 Å². The van der Waals surface area contributed by atoms with Crippen molar-refractivity contribution >= 4 is 5.82 Å². The fraction of sp³-hybridized carbons (Fsp3) is 0.370. The number of halogens is 3. The lowest BCUT2D eigenvalue weighted by atomic mass is 10.0. The van der Waals surface area contributed by atoms with Crippen LogP contribution < -0.4 is 9.64 Å². The fourth-order valence-electron chi connectivity index (χ4n) is 4.22. The van der Waals surface area contributed by atoms with Gasteiger partial charge in [0.15, 0.2) is 0 Å². The Morgan fingerprint density at radius 1 is 1.00 bits per heavy atom. The van der Waals surface area contributed by atoms with Gasteiger partial charge in [0.05, 0.1) is 11.3 Å². The van der Waals surface area contributed by atoms with Crippen LogP contribution in [0.5, 0.6) is 5.75 Å². The number of ether oxygens (including phenoxy) is 1. The molecule has 0 aliphatic carbocycles. The van der Waals surface area contributed by atoms with Crippen molar-refractivity contribution in [3.05, 3.63) is 70.5 Å². The van der Waals surface area contributed by atoms with E-state index in [-0.39, 0.29) is 23.6 Å². The average molecular weight is 496 g/mol. The van der Waals surface area contributed by atoms with Gasteiger partial charge in [0, 0.05) is 44.0 Å². The van der Waals surface area contributed by atoms with Crippen LogP contribution >= 0.6 is 0 Å². The molecule has 0 radical (unpaired) electrons. The van der Waals surface area contributed by atoms with Gasteiger partial charge in [0.1, 0.15) is 29.9 Å². The molecule has 3 heterocycles. The molecule has 3 aromatic rings. The maximum Gasteiger partial charge on any atom is 0.419 e. The molecule has 0 N–H and O–H groups in total. The Balaban J connectivity index is 1.41. The molecule has 1 aromatic carbocycles. The number of pyridine rings is 2. The SMILES string of the molecule is Cc1cccc(N2CCN(CCOc3ccc(-c4cc(C)c(C)c(C#N)n4)cc3C(F)(F)F)CC2)n1. The Morgan fingerprint density at radius 3 is 2.42 bits per heavy atom. The molecule has 0 spiro atoms. The topological polar surface area (TPSA) is 65.3 Å². The van der Waals surface area contributed by atoms with Crippen molar-refractivity contribution in [2.45, 2.75) is 26.9 Å². The van der Waals surface area contributed by atoms with E-state index in [2.05, 4.69) is 19.8 Å². The zero-order chi connectivity index (χ0) is 25.9. The summed E-state index contributed by atoms with van der Waals surface area (Å²) in [7, 11) is 0. The highest BCUT2D eigenvalue weighted by Crippen LogP contribution is 2.39. The number of alkyl halides is 3. The van der Waals surface area contributed by atoms with Crippen LogP contribution in [0.4, 0.5) is 19.0 Å². The van der Waals surface area contributed by atoms with Crippen molar-refractivity contribution in [3.8, 4) is 23.1 Å². The second kappa shape index (κ2) is 10.5. The van der Waals surface area contributed by atoms with Gasteiger partial charge in [0.2, 0.25) is 0 Å². The normalized spacial score (nSPS) is 14.5. The molecule has 0 unspecified atom stereocenters. The molecular weight excluding hydrogens is 467 g/mol. The van der Waals surface area contributed by atoms with E-state index in [0.717, 1.165) is 49.3 Å². The van der Waals surface area contributed by atoms with E-state index in [1.54, 1.807) is 26.0 Å². The number of nitriles is 1. The first-order valence-electron chi connectivity index (χ1n) is 11.8. The summed E-state index contributed by atoms with van der Waals surface area (Å²) in [4.78, 5) is 13.2. The van der Waals surface area contributed by atoms with Crippen molar-refractivity contribution in [2.75, 3.05) is 44.2 Å². The molecule has 9 heteroatoms. The first-order chi connectivity index (χ1) is 17.2. The zero-order valence-corrected chi connectivity index (χ0v) is 20.6. The smallest absolute Gasteiger partial charge is 0.419 e. The summed E-state index contributed by atoms with van der Waals surface area (Å²) in [5.74, 6) is 0.735. The second-order valence-corrected chi connectivity index (χ2v) is 8.93. The Kier molecular flexibility index (Phi) is 7.45. The van der Waals surface area contributed by atoms with Crippen LogP contribution in [-0.4, -0.2) is 54.2 Å². The molecule has 4 rings (SSSR count). The minimum absolute atomic E-state index is 0.144. The molecule has 1 fully saturated rings. The van der Waals surface area contributed by atoms with E-state index in [1.807, 2.05) is 31.2 Å². The third kappa shape index (κ3) is 5.77. The Labute approximate surface area is 209 Å². The van der Waals surface area contributed by atoms with Crippen molar-refractivity contribution in [1.82, 2.24) is 14.9 Å². The third-order valence-electron chi connectivity index (χ3n) is 6.45. The fourth-order valence-corrected chi connectivity index (χ4v) is 4.22. The maximum absolute atomic E-state index is 13.9. The number of benzene rings is 1. The predicted octanol–water partition coefficient (Wildman–Crippen LogP) is 5.16. The van der Waals surface area contributed by atoms with Crippen LogP contribution in [-0.2, 0) is 6.18 Å². The average Bonchev–Trinajstić information content (AvgIpc) is 2.85. The van der Waals surface area contributed by atoms with Gasteiger partial charge < -0.3 is 9.64 Å². The second-order valence-electron chi connectivity index (χ2n) is 8.93. The van der Waals surface area contributed by atoms with Gasteiger partial charge >= 0.3 is 6.18 Å². The summed E-state index contributed by atoms with van der Waals surface area (Å²) in [5.41, 5.74) is 2.44. The highest BCUT2D eigenvalue weighted by atomic mass is 19.4. The molecule has 6 nitrogen and oxygen atoms in total. The van der Waals surface area contributed by atoms with E-state index >= 15 is 0 Å². The lowest BCUT2D eigenvalue weighted by Crippen LogP contribution is -2.47. The van der Waals surface area contributed by atoms with Crippen molar-refractivity contribution in [2.24, 2.45) is 0 Å². The molecule has 0 amide bonds. The lowest BCUT2D eigenvalue weighted by Gasteiger charge is -2.35. The minimum Gasteiger partial charge on any atom is -0.492 e. The van der Waals surface area contributed by atoms with Gasteiger partial charge in [0.25, 0.3) is 0 Å². The number of nitrogens with zero attached hydrogens (tertiary/aromatic N) is 5. The van der Waals surface area contributed by atoms with Crippen molar-refractivity contribution < 1.29 is 17.9 Å². The van der Waals surface area contributed by atoms with Gasteiger partial charge in [-0.1, -0.05) is 6.07 Å². The van der Waals surface area contributed by atoms with Gasteiger partial charge in [-0.3, -0.25) is 4.90 Å². The zero-order valence-electron chi connectivity index (χ0n) is 20.6. The van der Waals surface area contributed by atoms with E-state index < -0.39 is 11.7 Å². The minimum atomic E-state index is -4.59. The van der Waals surface area contributed by atoms with Crippen LogP contribution in [0, 0.1) is 32.1 Å². The number of rotatable bonds is 6. The molecule has 0 saturated carbocycles. The molecule has 36 heavy (non-hydrogen) atoms. The molecular formula is C27H28F3N5O. The molecule has 0 atom stereocenters. The summed E-state index contributed by atoms with van der Waals surface area (Å²) in [6.45, 7) is 9.36. The van der Waals surface area contributed by atoms with Crippen LogP contribution in [0.2, 0.25) is 0 Å². The Hall–Kier alpha value is -3.64. The number of anilines is 1. The largest absolute Gasteiger partial charge is 0.492 e. The van der Waals surface area contributed by atoms with Gasteiger partial charge in [-0.2, -0.15) is 18.4 Å². The summed E-state index contributed by atoms with van der Waals surface area (Å²) >= 11 is 0. The summed E-state index contributed by atoms with van der Waals surface area (Å²) in [5, 5.41) is 9.31. The molecule has 1 aliphatic heterocycles. The number of hydrogen-bond acceptors (Lipinski definition) is 6. The lowest BCUT2D eigenvalue weighted by molar-refractivity contribution is -0.138. The number of aryl methyl sites for hydroxylation is 2. The predicted molar refractivity (Wildman–Crippen MR) is 132 cm³/mol. The molecule has 2 aromatic heterocycles. The number of piperazine rings is 1. The standard InChI is InChI=1S/C27H28F3N5O/c1-18-15-23(33-24(17-31)20(18)3)21-7-8-25(22(16-21)27(28,29)30)36-14-13-34-9-11-35(12-10-34)26-6-4-5-19(2)32-26/h4-8,15-16H,9-14H2,1-3H3. The molecule has 0 bridgehead atoms. The van der Waals surface area contributed by atoms with E-state index in [4.69, 9.17) is 4.74 Å². The van der Waals surface area contributed by atoms with Crippen LogP contribution in [0.25, 0.3) is 11.3 Å². The van der Waals surface area contributed by atoms with Gasteiger partial charge in [-0.15, -0.1) is 0 Å². The quantitative estimate of drug-likeness (QED) is 0.471. The van der Waals surface area contributed by atoms with Gasteiger partial charge in [-0.25, -0.2) is 9.97 Å². The Morgan fingerprint density at radius 2 is 1.75 bits per heavy atom. The van der Waals surface area contributed by atoms with Crippen molar-refractivity contribution in [3.63, 3.8) is 0 Å². The summed E-state index contributed by atoms with van der Waals surface area (Å²) in [6.07, 6.45) is -4.59. The third-order valence-corrected chi connectivity index (χ3v) is 6.45. The number of hydrogen-bond donors (Lipinski definition) is 0. The van der Waals surface area contributed by atoms with Crippen LogP contribution in [0.1, 0.15) is 28.1 Å². The first-order valence-corrected chi connectivity index (χ1v) is 11.8. The van der Waals surface area contributed by atoms with E-state index in [0.29, 0.717) is 17.8 Å². The molecule has 1 saturated heterocycles. The first kappa shape index (κ1) is 25.5. The summed E-state index contributed by atoms with van der Waals surface area (Å²) in [6, 6.07) is 13.6. The van der Waals surface area contributed by atoms with E-state index in [9.17, 15) is 18.4 Å². The highest BCUT2D eigenvalue weighted by molar-refractivity contribution is 5.65. The van der Waals surface area contributed by atoms with Crippen LogP contribution in [0.3, 0.4) is 0 Å². The molecule has 1 aliphatic rings. The molecule has 188 valence electrons. The van der Waals surface area contributed by atoms with Crippen LogP contribution in [0.15, 0.2) is 42.5 Å².